The Balaban J connectivity index is 1.61. The molecular formula is C16H22N2O. The van der Waals surface area contributed by atoms with Gasteiger partial charge in [-0.15, -0.1) is 0 Å². The minimum Gasteiger partial charge on any atom is -0.339 e. The van der Waals surface area contributed by atoms with Gasteiger partial charge in [-0.05, 0) is 43.7 Å². The van der Waals surface area contributed by atoms with Crippen molar-refractivity contribution in [3.05, 3.63) is 35.9 Å². The van der Waals surface area contributed by atoms with E-state index in [1.165, 1.54) is 18.4 Å². The fourth-order valence-corrected chi connectivity index (χ4v) is 2.87. The van der Waals surface area contributed by atoms with Crippen molar-refractivity contribution in [3.63, 3.8) is 0 Å². The quantitative estimate of drug-likeness (QED) is 0.849. The van der Waals surface area contributed by atoms with Gasteiger partial charge in [-0.3, -0.25) is 4.79 Å². The van der Waals surface area contributed by atoms with Crippen molar-refractivity contribution in [2.75, 3.05) is 13.1 Å². The summed E-state index contributed by atoms with van der Waals surface area (Å²) in [6, 6.07) is 10.9. The topological polar surface area (TPSA) is 46.3 Å². The third kappa shape index (κ3) is 2.81. The first-order valence-electron chi connectivity index (χ1n) is 7.36. The van der Waals surface area contributed by atoms with Crippen molar-refractivity contribution < 1.29 is 4.79 Å². The van der Waals surface area contributed by atoms with Crippen LogP contribution in [0.25, 0.3) is 0 Å². The van der Waals surface area contributed by atoms with E-state index in [4.69, 9.17) is 5.73 Å². The molecule has 1 amide bonds. The van der Waals surface area contributed by atoms with Gasteiger partial charge < -0.3 is 10.6 Å². The number of carbonyl (C=O) groups excluding carboxylic acids is 1. The third-order valence-corrected chi connectivity index (χ3v) is 4.21. The fourth-order valence-electron chi connectivity index (χ4n) is 2.87. The molecule has 0 aromatic heterocycles. The normalized spacial score (nSPS) is 25.1. The van der Waals surface area contributed by atoms with E-state index in [1.807, 2.05) is 6.07 Å². The summed E-state index contributed by atoms with van der Waals surface area (Å²) < 4.78 is 0. The van der Waals surface area contributed by atoms with E-state index in [1.54, 1.807) is 0 Å². The number of amides is 1. The van der Waals surface area contributed by atoms with E-state index in [0.717, 1.165) is 19.4 Å². The first-order chi connectivity index (χ1) is 9.31. The summed E-state index contributed by atoms with van der Waals surface area (Å²) in [5.41, 5.74) is 6.88. The standard InChI is InChI=1S/C16H22N2O/c17-9-4-10-18(13-7-8-13)16(19)15-11-14(15)12-5-2-1-3-6-12/h1-3,5-6,13-15H,4,7-11,17H2. The largest absolute Gasteiger partial charge is 0.339 e. The smallest absolute Gasteiger partial charge is 0.226 e. The maximum absolute atomic E-state index is 12.6. The maximum Gasteiger partial charge on any atom is 0.226 e. The molecule has 2 unspecified atom stereocenters. The summed E-state index contributed by atoms with van der Waals surface area (Å²) >= 11 is 0. The molecule has 0 saturated heterocycles. The van der Waals surface area contributed by atoms with Gasteiger partial charge in [-0.25, -0.2) is 0 Å². The molecule has 0 heterocycles. The zero-order chi connectivity index (χ0) is 13.2. The molecule has 2 N–H and O–H groups in total. The highest BCUT2D eigenvalue weighted by atomic mass is 16.2. The fraction of sp³-hybridized carbons (Fsp3) is 0.562. The molecular weight excluding hydrogens is 236 g/mol. The molecule has 0 aliphatic heterocycles. The number of hydrogen-bond donors (Lipinski definition) is 1. The van der Waals surface area contributed by atoms with Gasteiger partial charge >= 0.3 is 0 Å². The molecule has 0 radical (unpaired) electrons. The van der Waals surface area contributed by atoms with E-state index in [9.17, 15) is 4.79 Å². The zero-order valence-electron chi connectivity index (χ0n) is 11.3. The van der Waals surface area contributed by atoms with Crippen LogP contribution in [0.4, 0.5) is 0 Å². The van der Waals surface area contributed by atoms with Gasteiger partial charge in [0.15, 0.2) is 0 Å². The molecule has 0 bridgehead atoms. The average Bonchev–Trinajstić information content (AvgIpc) is 3.32. The first kappa shape index (κ1) is 12.7. The maximum atomic E-state index is 12.6. The van der Waals surface area contributed by atoms with E-state index < -0.39 is 0 Å². The van der Waals surface area contributed by atoms with Crippen LogP contribution in [0.3, 0.4) is 0 Å². The lowest BCUT2D eigenvalue weighted by atomic mass is 10.1. The third-order valence-electron chi connectivity index (χ3n) is 4.21. The second-order valence-electron chi connectivity index (χ2n) is 5.76. The highest BCUT2D eigenvalue weighted by Gasteiger charge is 2.47. The highest BCUT2D eigenvalue weighted by Crippen LogP contribution is 2.49. The van der Waals surface area contributed by atoms with Crippen molar-refractivity contribution in [3.8, 4) is 0 Å². The van der Waals surface area contributed by atoms with Crippen LogP contribution in [0.5, 0.6) is 0 Å². The van der Waals surface area contributed by atoms with Crippen LogP contribution in [0.15, 0.2) is 30.3 Å². The highest BCUT2D eigenvalue weighted by molar-refractivity contribution is 5.83. The summed E-state index contributed by atoms with van der Waals surface area (Å²) in [7, 11) is 0. The van der Waals surface area contributed by atoms with Crippen LogP contribution in [0.1, 0.15) is 37.2 Å². The second kappa shape index (κ2) is 5.33. The lowest BCUT2D eigenvalue weighted by Gasteiger charge is -2.22. The van der Waals surface area contributed by atoms with Crippen molar-refractivity contribution in [1.82, 2.24) is 4.90 Å². The van der Waals surface area contributed by atoms with Gasteiger partial charge in [-0.2, -0.15) is 0 Å². The van der Waals surface area contributed by atoms with Gasteiger partial charge in [0.05, 0.1) is 0 Å². The van der Waals surface area contributed by atoms with Gasteiger partial charge in [0.2, 0.25) is 5.91 Å². The molecule has 0 spiro atoms. The Morgan fingerprint density at radius 1 is 1.26 bits per heavy atom. The molecule has 102 valence electrons. The SMILES string of the molecule is NCCCN(C(=O)C1CC1c1ccccc1)C1CC1. The van der Waals surface area contributed by atoms with Crippen molar-refractivity contribution >= 4 is 5.91 Å². The minimum atomic E-state index is 0.223. The van der Waals surface area contributed by atoms with Crippen molar-refractivity contribution in [2.24, 2.45) is 11.7 Å². The Kier molecular flexibility index (Phi) is 3.56. The molecule has 1 aromatic rings. The Hall–Kier alpha value is -1.35. The lowest BCUT2D eigenvalue weighted by Crippen LogP contribution is -2.36. The zero-order valence-corrected chi connectivity index (χ0v) is 11.3. The predicted octanol–water partition coefficient (Wildman–Crippen LogP) is 2.13. The molecule has 2 aliphatic carbocycles. The molecule has 2 aliphatic rings. The number of rotatable bonds is 6. The summed E-state index contributed by atoms with van der Waals surface area (Å²) in [6.07, 6.45) is 4.30. The number of carbonyl (C=O) groups is 1. The predicted molar refractivity (Wildman–Crippen MR) is 75.7 cm³/mol. The average molecular weight is 258 g/mol. The van der Waals surface area contributed by atoms with Crippen molar-refractivity contribution in [1.29, 1.82) is 0 Å². The number of nitrogens with zero attached hydrogens (tertiary/aromatic N) is 1. The number of nitrogens with two attached hydrogens (primary N) is 1. The van der Waals surface area contributed by atoms with Crippen LogP contribution < -0.4 is 5.73 Å². The van der Waals surface area contributed by atoms with Crippen LogP contribution in [0, 0.1) is 5.92 Å². The molecule has 19 heavy (non-hydrogen) atoms. The van der Waals surface area contributed by atoms with E-state index in [-0.39, 0.29) is 5.92 Å². The van der Waals surface area contributed by atoms with Crippen LogP contribution in [-0.2, 0) is 4.79 Å². The summed E-state index contributed by atoms with van der Waals surface area (Å²) in [4.78, 5) is 14.7. The Bertz CT molecular complexity index is 441. The van der Waals surface area contributed by atoms with E-state index in [2.05, 4.69) is 29.2 Å². The van der Waals surface area contributed by atoms with Crippen LogP contribution >= 0.6 is 0 Å². The lowest BCUT2D eigenvalue weighted by molar-refractivity contribution is -0.133. The summed E-state index contributed by atoms with van der Waals surface area (Å²) in [5.74, 6) is 1.04. The minimum absolute atomic E-state index is 0.223. The van der Waals surface area contributed by atoms with Gasteiger partial charge in [-0.1, -0.05) is 30.3 Å². The molecule has 2 saturated carbocycles. The number of benzene rings is 1. The van der Waals surface area contributed by atoms with Crippen LogP contribution in [-0.4, -0.2) is 29.9 Å². The monoisotopic (exact) mass is 258 g/mol. The van der Waals surface area contributed by atoms with Gasteiger partial charge in [0.1, 0.15) is 0 Å². The Morgan fingerprint density at radius 3 is 2.63 bits per heavy atom. The van der Waals surface area contributed by atoms with Gasteiger partial charge in [0, 0.05) is 18.5 Å². The molecule has 2 atom stereocenters. The molecule has 1 aromatic carbocycles. The first-order valence-corrected chi connectivity index (χ1v) is 7.36. The number of hydrogen-bond acceptors (Lipinski definition) is 2. The summed E-state index contributed by atoms with van der Waals surface area (Å²) in [5, 5.41) is 0. The van der Waals surface area contributed by atoms with Crippen LogP contribution in [0.2, 0.25) is 0 Å². The van der Waals surface area contributed by atoms with E-state index >= 15 is 0 Å². The Labute approximate surface area is 114 Å². The Morgan fingerprint density at radius 2 is 2.00 bits per heavy atom. The molecule has 3 nitrogen and oxygen atoms in total. The summed E-state index contributed by atoms with van der Waals surface area (Å²) in [6.45, 7) is 1.52. The second-order valence-corrected chi connectivity index (χ2v) is 5.76. The van der Waals surface area contributed by atoms with E-state index in [0.29, 0.717) is 24.4 Å². The van der Waals surface area contributed by atoms with Gasteiger partial charge in [0.25, 0.3) is 0 Å². The van der Waals surface area contributed by atoms with Crippen molar-refractivity contribution in [2.45, 2.75) is 37.6 Å². The molecule has 3 heteroatoms. The molecule has 3 rings (SSSR count). The molecule has 2 fully saturated rings.